The number of carbonyl (C=O) groups excluding carboxylic acids is 2. The van der Waals surface area contributed by atoms with E-state index in [2.05, 4.69) is 4.90 Å². The fraction of sp³-hybridized carbons (Fsp3) is 0.579. The Morgan fingerprint density at radius 2 is 1.80 bits per heavy atom. The average Bonchev–Trinajstić information content (AvgIpc) is 2.68. The van der Waals surface area contributed by atoms with Gasteiger partial charge in [0.25, 0.3) is 0 Å². The van der Waals surface area contributed by atoms with Crippen molar-refractivity contribution in [2.45, 2.75) is 19.8 Å². The van der Waals surface area contributed by atoms with Crippen LogP contribution in [-0.2, 0) is 14.3 Å². The molecule has 25 heavy (non-hydrogen) atoms. The SMILES string of the molecule is CCOC(=O)c1ccccc1N1CCN(C(=O)C2CCOCC2)CC1. The molecule has 0 bridgehead atoms. The van der Waals surface area contributed by atoms with Crippen LogP contribution >= 0.6 is 0 Å². The standard InChI is InChI=1S/C19H26N2O4/c1-2-25-19(23)16-5-3-4-6-17(16)20-9-11-21(12-10-20)18(22)15-7-13-24-14-8-15/h3-6,15H,2,7-14H2,1H3. The normalized spacial score (nSPS) is 18.9. The second-order valence-electron chi connectivity index (χ2n) is 6.44. The fourth-order valence-electron chi connectivity index (χ4n) is 3.50. The van der Waals surface area contributed by atoms with E-state index in [-0.39, 0.29) is 17.8 Å². The van der Waals surface area contributed by atoms with Gasteiger partial charge in [-0.1, -0.05) is 12.1 Å². The molecule has 0 unspecified atom stereocenters. The number of ether oxygens (including phenoxy) is 2. The third-order valence-electron chi connectivity index (χ3n) is 4.90. The lowest BCUT2D eigenvalue weighted by molar-refractivity contribution is -0.138. The van der Waals surface area contributed by atoms with Crippen molar-refractivity contribution < 1.29 is 19.1 Å². The third kappa shape index (κ3) is 4.12. The molecule has 2 saturated heterocycles. The summed E-state index contributed by atoms with van der Waals surface area (Å²) in [5, 5.41) is 0. The number of benzene rings is 1. The number of esters is 1. The number of nitrogens with zero attached hydrogens (tertiary/aromatic N) is 2. The van der Waals surface area contributed by atoms with Crippen molar-refractivity contribution >= 4 is 17.6 Å². The number of hydrogen-bond donors (Lipinski definition) is 0. The summed E-state index contributed by atoms with van der Waals surface area (Å²) in [7, 11) is 0. The van der Waals surface area contributed by atoms with Gasteiger partial charge in [-0.25, -0.2) is 4.79 Å². The Morgan fingerprint density at radius 3 is 2.48 bits per heavy atom. The zero-order chi connectivity index (χ0) is 17.6. The summed E-state index contributed by atoms with van der Waals surface area (Å²) in [6.45, 7) is 6.37. The summed E-state index contributed by atoms with van der Waals surface area (Å²) in [6, 6.07) is 7.52. The second-order valence-corrected chi connectivity index (χ2v) is 6.44. The summed E-state index contributed by atoms with van der Waals surface area (Å²) < 4.78 is 10.5. The minimum atomic E-state index is -0.293. The van der Waals surface area contributed by atoms with Gasteiger partial charge in [-0.05, 0) is 31.9 Å². The largest absolute Gasteiger partial charge is 0.462 e. The highest BCUT2D eigenvalue weighted by molar-refractivity contribution is 5.96. The number of hydrogen-bond acceptors (Lipinski definition) is 5. The summed E-state index contributed by atoms with van der Waals surface area (Å²) in [5.41, 5.74) is 1.48. The number of carbonyl (C=O) groups is 2. The Kier molecular flexibility index (Phi) is 5.91. The van der Waals surface area contributed by atoms with Crippen molar-refractivity contribution in [1.82, 2.24) is 4.90 Å². The summed E-state index contributed by atoms with van der Waals surface area (Å²) in [6.07, 6.45) is 1.65. The number of para-hydroxylation sites is 1. The summed E-state index contributed by atoms with van der Waals surface area (Å²) >= 11 is 0. The van der Waals surface area contributed by atoms with Crippen LogP contribution in [0.4, 0.5) is 5.69 Å². The second kappa shape index (κ2) is 8.34. The van der Waals surface area contributed by atoms with E-state index >= 15 is 0 Å². The van der Waals surface area contributed by atoms with Crippen LogP contribution in [0.5, 0.6) is 0 Å². The molecule has 2 fully saturated rings. The van der Waals surface area contributed by atoms with E-state index < -0.39 is 0 Å². The highest BCUT2D eigenvalue weighted by Gasteiger charge is 2.29. The number of amides is 1. The van der Waals surface area contributed by atoms with Crippen LogP contribution in [-0.4, -0.2) is 62.8 Å². The minimum absolute atomic E-state index is 0.104. The van der Waals surface area contributed by atoms with E-state index in [9.17, 15) is 9.59 Å². The Morgan fingerprint density at radius 1 is 1.12 bits per heavy atom. The quantitative estimate of drug-likeness (QED) is 0.780. The van der Waals surface area contributed by atoms with Gasteiger partial charge in [0, 0.05) is 45.3 Å². The molecular weight excluding hydrogens is 320 g/mol. The smallest absolute Gasteiger partial charge is 0.340 e. The van der Waals surface area contributed by atoms with E-state index in [1.54, 1.807) is 13.0 Å². The molecule has 0 saturated carbocycles. The van der Waals surface area contributed by atoms with E-state index in [4.69, 9.17) is 9.47 Å². The molecule has 0 atom stereocenters. The van der Waals surface area contributed by atoms with E-state index in [0.717, 1.165) is 31.6 Å². The molecule has 6 nitrogen and oxygen atoms in total. The zero-order valence-electron chi connectivity index (χ0n) is 14.8. The first kappa shape index (κ1) is 17.7. The van der Waals surface area contributed by atoms with Crippen LogP contribution in [0.3, 0.4) is 0 Å². The van der Waals surface area contributed by atoms with Crippen LogP contribution in [0.1, 0.15) is 30.1 Å². The molecular formula is C19H26N2O4. The van der Waals surface area contributed by atoms with Gasteiger partial charge in [0.15, 0.2) is 0 Å². The highest BCUT2D eigenvalue weighted by atomic mass is 16.5. The molecule has 0 radical (unpaired) electrons. The van der Waals surface area contributed by atoms with Gasteiger partial charge in [-0.15, -0.1) is 0 Å². The maximum atomic E-state index is 12.6. The number of anilines is 1. The molecule has 1 amide bonds. The lowest BCUT2D eigenvalue weighted by Crippen LogP contribution is -2.51. The first-order valence-electron chi connectivity index (χ1n) is 9.08. The lowest BCUT2D eigenvalue weighted by atomic mass is 9.98. The molecule has 2 aliphatic heterocycles. The first-order valence-corrected chi connectivity index (χ1v) is 9.08. The molecule has 0 aliphatic carbocycles. The maximum Gasteiger partial charge on any atom is 0.340 e. The van der Waals surface area contributed by atoms with Gasteiger partial charge < -0.3 is 19.3 Å². The van der Waals surface area contributed by atoms with Gasteiger partial charge in [0.2, 0.25) is 5.91 Å². The summed E-state index contributed by atoms with van der Waals surface area (Å²) in [4.78, 5) is 28.9. The third-order valence-corrected chi connectivity index (χ3v) is 4.90. The Labute approximate surface area is 148 Å². The molecule has 0 N–H and O–H groups in total. The topological polar surface area (TPSA) is 59.1 Å². The molecule has 1 aromatic rings. The zero-order valence-corrected chi connectivity index (χ0v) is 14.8. The van der Waals surface area contributed by atoms with Gasteiger partial charge >= 0.3 is 5.97 Å². The van der Waals surface area contributed by atoms with Crippen LogP contribution in [0.25, 0.3) is 0 Å². The molecule has 0 aromatic heterocycles. The molecule has 1 aromatic carbocycles. The first-order chi connectivity index (χ1) is 12.2. The number of piperazine rings is 1. The van der Waals surface area contributed by atoms with Crippen LogP contribution in [0.2, 0.25) is 0 Å². The van der Waals surface area contributed by atoms with Crippen LogP contribution < -0.4 is 4.90 Å². The van der Waals surface area contributed by atoms with Gasteiger partial charge in [-0.2, -0.15) is 0 Å². The molecule has 136 valence electrons. The van der Waals surface area contributed by atoms with E-state index in [0.29, 0.717) is 38.5 Å². The molecule has 3 rings (SSSR count). The predicted molar refractivity (Wildman–Crippen MR) is 94.7 cm³/mol. The lowest BCUT2D eigenvalue weighted by Gasteiger charge is -2.38. The highest BCUT2D eigenvalue weighted by Crippen LogP contribution is 2.24. The summed E-state index contributed by atoms with van der Waals surface area (Å²) in [5.74, 6) is 0.0626. The van der Waals surface area contributed by atoms with Gasteiger partial charge in [0.05, 0.1) is 17.9 Å². The van der Waals surface area contributed by atoms with E-state index in [1.807, 2.05) is 23.1 Å². The van der Waals surface area contributed by atoms with Crippen molar-refractivity contribution in [3.8, 4) is 0 Å². The van der Waals surface area contributed by atoms with Gasteiger partial charge in [0.1, 0.15) is 0 Å². The Bertz CT molecular complexity index is 605. The van der Waals surface area contributed by atoms with Crippen LogP contribution in [0.15, 0.2) is 24.3 Å². The van der Waals surface area contributed by atoms with Crippen molar-refractivity contribution in [1.29, 1.82) is 0 Å². The molecule has 6 heteroatoms. The minimum Gasteiger partial charge on any atom is -0.462 e. The van der Waals surface area contributed by atoms with Gasteiger partial charge in [-0.3, -0.25) is 4.79 Å². The maximum absolute atomic E-state index is 12.6. The Hall–Kier alpha value is -2.08. The van der Waals surface area contributed by atoms with E-state index in [1.165, 1.54) is 0 Å². The van der Waals surface area contributed by atoms with Crippen LogP contribution in [0, 0.1) is 5.92 Å². The van der Waals surface area contributed by atoms with Crippen molar-refractivity contribution in [2.75, 3.05) is 50.9 Å². The fourth-order valence-corrected chi connectivity index (χ4v) is 3.50. The van der Waals surface area contributed by atoms with Crippen molar-refractivity contribution in [3.63, 3.8) is 0 Å². The molecule has 0 spiro atoms. The molecule has 2 heterocycles. The Balaban J connectivity index is 1.62. The predicted octanol–water partition coefficient (Wildman–Crippen LogP) is 1.94. The average molecular weight is 346 g/mol. The number of rotatable bonds is 4. The molecule has 2 aliphatic rings. The van der Waals surface area contributed by atoms with Crippen molar-refractivity contribution in [2.24, 2.45) is 5.92 Å². The van der Waals surface area contributed by atoms with Crippen molar-refractivity contribution in [3.05, 3.63) is 29.8 Å². The monoisotopic (exact) mass is 346 g/mol.